The maximum Gasteiger partial charge on any atom is 0.306 e. The molecule has 0 N–H and O–H groups in total. The number of nitrogens with zero attached hydrogens (tertiary/aromatic N) is 3. The van der Waals surface area contributed by atoms with Crippen LogP contribution < -0.4 is 0 Å². The lowest BCUT2D eigenvalue weighted by atomic mass is 10.1. The molecule has 0 aliphatic carbocycles. The van der Waals surface area contributed by atoms with Crippen molar-refractivity contribution in [2.24, 2.45) is 0 Å². The lowest BCUT2D eigenvalue weighted by molar-refractivity contribution is -0.152. The summed E-state index contributed by atoms with van der Waals surface area (Å²) in [5.41, 5.74) is 0.777. The van der Waals surface area contributed by atoms with E-state index in [9.17, 15) is 9.59 Å². The average molecular weight is 378 g/mol. The minimum Gasteiger partial charge on any atom is -0.456 e. The molecule has 26 heavy (non-hydrogen) atoms. The second-order valence-electron chi connectivity index (χ2n) is 6.12. The maximum absolute atomic E-state index is 12.0. The Balaban J connectivity index is 1.43. The molecule has 0 bridgehead atoms. The van der Waals surface area contributed by atoms with Crippen molar-refractivity contribution >= 4 is 23.5 Å². The highest BCUT2D eigenvalue weighted by atomic mass is 35.5. The predicted molar refractivity (Wildman–Crippen MR) is 94.5 cm³/mol. The van der Waals surface area contributed by atoms with Gasteiger partial charge in [0.05, 0.1) is 6.42 Å². The van der Waals surface area contributed by atoms with Crippen LogP contribution in [0, 0.1) is 0 Å². The molecule has 3 rings (SSSR count). The van der Waals surface area contributed by atoms with E-state index >= 15 is 0 Å². The van der Waals surface area contributed by atoms with E-state index in [4.69, 9.17) is 20.9 Å². The Bertz CT molecular complexity index is 754. The number of rotatable bonds is 6. The fraction of sp³-hybridized carbons (Fsp3) is 0.444. The summed E-state index contributed by atoms with van der Waals surface area (Å²) in [5, 5.41) is 4.51. The Morgan fingerprint density at radius 1 is 1.15 bits per heavy atom. The molecule has 1 aromatic heterocycles. The number of ether oxygens (including phenoxy) is 1. The van der Waals surface area contributed by atoms with Crippen LogP contribution in [0.5, 0.6) is 0 Å². The number of carbonyl (C=O) groups excluding carboxylic acids is 2. The van der Waals surface area contributed by atoms with E-state index in [0.717, 1.165) is 37.9 Å². The molecule has 0 atom stereocenters. The van der Waals surface area contributed by atoms with Crippen LogP contribution >= 0.6 is 11.6 Å². The number of carbonyl (C=O) groups is 2. The van der Waals surface area contributed by atoms with E-state index in [1.807, 2.05) is 0 Å². The van der Waals surface area contributed by atoms with Crippen LogP contribution in [0.1, 0.15) is 31.6 Å². The first-order valence-corrected chi connectivity index (χ1v) is 9.01. The molecule has 8 heteroatoms. The number of aromatic nitrogens is 2. The third-order valence-corrected chi connectivity index (χ3v) is 4.43. The zero-order valence-corrected chi connectivity index (χ0v) is 15.1. The first-order valence-electron chi connectivity index (χ1n) is 8.64. The quantitative estimate of drug-likeness (QED) is 0.719. The van der Waals surface area contributed by atoms with Crippen LogP contribution in [-0.2, 0) is 20.7 Å². The number of likely N-dealkylation sites (tertiary alicyclic amines) is 1. The van der Waals surface area contributed by atoms with E-state index in [1.54, 1.807) is 29.2 Å². The Kier molecular flexibility index (Phi) is 6.22. The van der Waals surface area contributed by atoms with Crippen molar-refractivity contribution in [2.75, 3.05) is 19.7 Å². The molecule has 0 saturated carbocycles. The van der Waals surface area contributed by atoms with Crippen molar-refractivity contribution in [3.05, 3.63) is 35.2 Å². The summed E-state index contributed by atoms with van der Waals surface area (Å²) in [6.45, 7) is 1.27. The van der Waals surface area contributed by atoms with Gasteiger partial charge in [-0.25, -0.2) is 0 Å². The van der Waals surface area contributed by atoms with Gasteiger partial charge in [-0.1, -0.05) is 16.8 Å². The molecular weight excluding hydrogens is 358 g/mol. The zero-order valence-electron chi connectivity index (χ0n) is 14.3. The van der Waals surface area contributed by atoms with Crippen molar-refractivity contribution in [1.82, 2.24) is 15.0 Å². The number of piperidine rings is 1. The van der Waals surface area contributed by atoms with Gasteiger partial charge < -0.3 is 14.2 Å². The lowest BCUT2D eigenvalue weighted by Gasteiger charge is -2.26. The number of halogens is 1. The third-order valence-electron chi connectivity index (χ3n) is 4.18. The van der Waals surface area contributed by atoms with Crippen molar-refractivity contribution in [3.8, 4) is 11.4 Å². The van der Waals surface area contributed by atoms with Gasteiger partial charge in [0, 0.05) is 30.1 Å². The zero-order chi connectivity index (χ0) is 18.4. The van der Waals surface area contributed by atoms with Gasteiger partial charge in [0.2, 0.25) is 11.7 Å². The molecule has 0 radical (unpaired) electrons. The Labute approximate surface area is 156 Å². The maximum atomic E-state index is 12.0. The molecule has 1 aliphatic heterocycles. The van der Waals surface area contributed by atoms with Crippen LogP contribution in [0.4, 0.5) is 0 Å². The summed E-state index contributed by atoms with van der Waals surface area (Å²) in [6, 6.07) is 7.06. The van der Waals surface area contributed by atoms with Crippen LogP contribution in [0.3, 0.4) is 0 Å². The summed E-state index contributed by atoms with van der Waals surface area (Å²) in [7, 11) is 0. The van der Waals surface area contributed by atoms with Crippen LogP contribution in [0.15, 0.2) is 28.8 Å². The van der Waals surface area contributed by atoms with Crippen LogP contribution in [0.25, 0.3) is 11.4 Å². The van der Waals surface area contributed by atoms with Crippen LogP contribution in [0.2, 0.25) is 5.02 Å². The van der Waals surface area contributed by atoms with Crippen LogP contribution in [-0.4, -0.2) is 46.6 Å². The molecule has 1 aliphatic rings. The Morgan fingerprint density at radius 2 is 1.88 bits per heavy atom. The molecule has 0 spiro atoms. The number of hydrogen-bond acceptors (Lipinski definition) is 6. The minimum atomic E-state index is -0.457. The van der Waals surface area contributed by atoms with E-state index in [0.29, 0.717) is 16.7 Å². The third kappa shape index (κ3) is 5.05. The van der Waals surface area contributed by atoms with Gasteiger partial charge in [-0.2, -0.15) is 4.98 Å². The molecule has 1 aromatic carbocycles. The van der Waals surface area contributed by atoms with Gasteiger partial charge >= 0.3 is 5.97 Å². The predicted octanol–water partition coefficient (Wildman–Crippen LogP) is 2.88. The monoisotopic (exact) mass is 377 g/mol. The fourth-order valence-corrected chi connectivity index (χ4v) is 2.86. The van der Waals surface area contributed by atoms with Crippen molar-refractivity contribution in [1.29, 1.82) is 0 Å². The second kappa shape index (κ2) is 8.80. The molecule has 138 valence electrons. The molecule has 1 saturated heterocycles. The molecule has 2 aromatic rings. The fourth-order valence-electron chi connectivity index (χ4n) is 2.73. The number of hydrogen-bond donors (Lipinski definition) is 0. The summed E-state index contributed by atoms with van der Waals surface area (Å²) in [6.07, 6.45) is 3.50. The summed E-state index contributed by atoms with van der Waals surface area (Å²) >= 11 is 5.85. The highest BCUT2D eigenvalue weighted by molar-refractivity contribution is 6.30. The normalized spacial score (nSPS) is 14.3. The van der Waals surface area contributed by atoms with Crippen molar-refractivity contribution in [3.63, 3.8) is 0 Å². The van der Waals surface area contributed by atoms with Crippen molar-refractivity contribution in [2.45, 2.75) is 32.1 Å². The highest BCUT2D eigenvalue weighted by Gasteiger charge is 2.18. The van der Waals surface area contributed by atoms with E-state index in [-0.39, 0.29) is 25.4 Å². The summed E-state index contributed by atoms with van der Waals surface area (Å²) in [5.74, 6) is 0.182. The topological polar surface area (TPSA) is 85.5 Å². The van der Waals surface area contributed by atoms with Gasteiger partial charge in [0.15, 0.2) is 6.61 Å². The van der Waals surface area contributed by atoms with E-state index in [2.05, 4.69) is 10.1 Å². The number of aryl methyl sites for hydroxylation is 1. The second-order valence-corrected chi connectivity index (χ2v) is 6.56. The minimum absolute atomic E-state index is 0.0789. The number of benzene rings is 1. The molecule has 0 unspecified atom stereocenters. The highest BCUT2D eigenvalue weighted by Crippen LogP contribution is 2.19. The molecule has 7 nitrogen and oxygen atoms in total. The van der Waals surface area contributed by atoms with Gasteiger partial charge in [0.25, 0.3) is 5.91 Å². The Hall–Kier alpha value is -2.41. The van der Waals surface area contributed by atoms with E-state index in [1.165, 1.54) is 0 Å². The molecule has 2 heterocycles. The van der Waals surface area contributed by atoms with Gasteiger partial charge in [0.1, 0.15) is 0 Å². The standard InChI is InChI=1S/C18H20ClN3O4/c19-14-6-4-13(5-7-14)18-20-15(26-21-18)8-9-17(24)25-12-16(23)22-10-2-1-3-11-22/h4-7H,1-3,8-12H2. The molecular formula is C18H20ClN3O4. The smallest absolute Gasteiger partial charge is 0.306 e. The summed E-state index contributed by atoms with van der Waals surface area (Å²) < 4.78 is 10.2. The average Bonchev–Trinajstić information content (AvgIpc) is 3.14. The lowest BCUT2D eigenvalue weighted by Crippen LogP contribution is -2.38. The first-order chi connectivity index (χ1) is 12.6. The van der Waals surface area contributed by atoms with Gasteiger partial charge in [-0.05, 0) is 43.5 Å². The molecule has 1 fully saturated rings. The SMILES string of the molecule is O=C(CCc1nc(-c2ccc(Cl)cc2)no1)OCC(=O)N1CCCCC1. The largest absolute Gasteiger partial charge is 0.456 e. The first kappa shape index (κ1) is 18.4. The van der Waals surface area contributed by atoms with Gasteiger partial charge in [-0.3, -0.25) is 9.59 Å². The summed E-state index contributed by atoms with van der Waals surface area (Å²) in [4.78, 5) is 29.8. The van der Waals surface area contributed by atoms with Gasteiger partial charge in [-0.15, -0.1) is 0 Å². The number of amides is 1. The number of esters is 1. The Morgan fingerprint density at radius 3 is 2.62 bits per heavy atom. The molecule has 1 amide bonds. The van der Waals surface area contributed by atoms with E-state index < -0.39 is 5.97 Å². The van der Waals surface area contributed by atoms with Crippen molar-refractivity contribution < 1.29 is 18.8 Å².